The summed E-state index contributed by atoms with van der Waals surface area (Å²) in [6.07, 6.45) is 3.41. The zero-order valence-electron chi connectivity index (χ0n) is 14.5. The van der Waals surface area contributed by atoms with E-state index in [1.54, 1.807) is 17.1 Å². The van der Waals surface area contributed by atoms with Crippen molar-refractivity contribution in [3.05, 3.63) is 78.6 Å². The van der Waals surface area contributed by atoms with Gasteiger partial charge < -0.3 is 16.4 Å². The molecule has 0 atom stereocenters. The first-order valence-electron chi connectivity index (χ1n) is 8.48. The number of nitrogens with zero attached hydrogens (tertiary/aromatic N) is 3. The number of hydrogen-bond donors (Lipinski definition) is 3. The molecule has 2 aromatic carbocycles. The molecule has 0 bridgehead atoms. The van der Waals surface area contributed by atoms with Crippen LogP contribution in [0.1, 0.15) is 5.56 Å². The highest BCUT2D eigenvalue weighted by atomic mass is 16.2. The maximum absolute atomic E-state index is 12.0. The van der Waals surface area contributed by atoms with Crippen molar-refractivity contribution in [1.82, 2.24) is 20.1 Å². The molecule has 0 saturated carbocycles. The van der Waals surface area contributed by atoms with E-state index in [2.05, 4.69) is 20.7 Å². The van der Waals surface area contributed by atoms with Crippen LogP contribution in [0.15, 0.2) is 73.1 Å². The Morgan fingerprint density at radius 2 is 1.85 bits per heavy atom. The van der Waals surface area contributed by atoms with Gasteiger partial charge in [0.25, 0.3) is 0 Å². The Morgan fingerprint density at radius 3 is 2.63 bits per heavy atom. The SMILES string of the molecule is Nc1nn(-c2ccc(NC(=O)NCc3cccnc3)cc2)c2ccccc12. The topological polar surface area (TPSA) is 97.9 Å². The van der Waals surface area contributed by atoms with Crippen molar-refractivity contribution in [1.29, 1.82) is 0 Å². The van der Waals surface area contributed by atoms with Gasteiger partial charge in [0.1, 0.15) is 0 Å². The third-order valence-electron chi connectivity index (χ3n) is 4.16. The standard InChI is InChI=1S/C20H18N6O/c21-19-17-5-1-2-6-18(17)26(25-19)16-9-7-15(8-10-16)24-20(27)23-13-14-4-3-11-22-12-14/h1-12H,13H2,(H2,21,25)(H2,23,24,27). The van der Waals surface area contributed by atoms with Crippen LogP contribution in [0.25, 0.3) is 16.6 Å². The summed E-state index contributed by atoms with van der Waals surface area (Å²) in [4.78, 5) is 16.1. The average molecular weight is 358 g/mol. The molecule has 134 valence electrons. The van der Waals surface area contributed by atoms with Gasteiger partial charge in [-0.15, -0.1) is 5.10 Å². The molecular formula is C20H18N6O. The van der Waals surface area contributed by atoms with Gasteiger partial charge in [0.05, 0.1) is 11.2 Å². The van der Waals surface area contributed by atoms with Crippen molar-refractivity contribution >= 4 is 28.4 Å². The van der Waals surface area contributed by atoms with Crippen molar-refractivity contribution in [3.8, 4) is 5.69 Å². The fraction of sp³-hybridized carbons (Fsp3) is 0.0500. The van der Waals surface area contributed by atoms with E-state index >= 15 is 0 Å². The molecule has 0 fully saturated rings. The number of rotatable bonds is 4. The molecule has 0 radical (unpaired) electrons. The molecule has 0 spiro atoms. The van der Waals surface area contributed by atoms with Crippen molar-refractivity contribution in [3.63, 3.8) is 0 Å². The molecule has 0 aliphatic carbocycles. The van der Waals surface area contributed by atoms with Crippen LogP contribution < -0.4 is 16.4 Å². The Morgan fingerprint density at radius 1 is 1.04 bits per heavy atom. The molecule has 2 amide bonds. The number of anilines is 2. The number of para-hydroxylation sites is 1. The number of nitrogens with two attached hydrogens (primary N) is 1. The summed E-state index contributed by atoms with van der Waals surface area (Å²) in [6, 6.07) is 18.7. The average Bonchev–Trinajstić information content (AvgIpc) is 3.05. The predicted molar refractivity (Wildman–Crippen MR) is 106 cm³/mol. The lowest BCUT2D eigenvalue weighted by molar-refractivity contribution is 0.251. The van der Waals surface area contributed by atoms with Crippen molar-refractivity contribution < 1.29 is 4.79 Å². The second kappa shape index (κ2) is 7.17. The quantitative estimate of drug-likeness (QED) is 0.521. The third kappa shape index (κ3) is 3.57. The highest BCUT2D eigenvalue weighted by Crippen LogP contribution is 2.24. The van der Waals surface area contributed by atoms with Gasteiger partial charge in [-0.3, -0.25) is 4.98 Å². The van der Waals surface area contributed by atoms with Gasteiger partial charge in [-0.05, 0) is 48.0 Å². The largest absolute Gasteiger partial charge is 0.382 e. The number of nitrogens with one attached hydrogen (secondary N) is 2. The Hall–Kier alpha value is -3.87. The number of benzene rings is 2. The fourth-order valence-electron chi connectivity index (χ4n) is 2.83. The van der Waals surface area contributed by atoms with E-state index < -0.39 is 0 Å². The van der Waals surface area contributed by atoms with E-state index in [1.165, 1.54) is 0 Å². The monoisotopic (exact) mass is 358 g/mol. The first kappa shape index (κ1) is 16.6. The van der Waals surface area contributed by atoms with Crippen LogP contribution in [-0.2, 0) is 6.54 Å². The summed E-state index contributed by atoms with van der Waals surface area (Å²) in [7, 11) is 0. The van der Waals surface area contributed by atoms with Crippen LogP contribution in [0.4, 0.5) is 16.3 Å². The lowest BCUT2D eigenvalue weighted by atomic mass is 10.2. The molecule has 0 saturated heterocycles. The van der Waals surface area contributed by atoms with E-state index in [0.717, 1.165) is 22.2 Å². The molecule has 7 heteroatoms. The minimum atomic E-state index is -0.277. The van der Waals surface area contributed by atoms with E-state index in [0.29, 0.717) is 18.1 Å². The second-order valence-corrected chi connectivity index (χ2v) is 6.03. The molecule has 4 aromatic rings. The number of amides is 2. The van der Waals surface area contributed by atoms with Crippen LogP contribution in [0.3, 0.4) is 0 Å². The molecule has 4 rings (SSSR count). The van der Waals surface area contributed by atoms with Crippen LogP contribution in [0, 0.1) is 0 Å². The molecule has 7 nitrogen and oxygen atoms in total. The lowest BCUT2D eigenvalue weighted by Gasteiger charge is -2.09. The molecule has 4 N–H and O–H groups in total. The summed E-state index contributed by atoms with van der Waals surface area (Å²) in [6.45, 7) is 0.413. The van der Waals surface area contributed by atoms with E-state index in [4.69, 9.17) is 5.73 Å². The Balaban J connectivity index is 1.45. The van der Waals surface area contributed by atoms with Crippen LogP contribution in [0.2, 0.25) is 0 Å². The maximum Gasteiger partial charge on any atom is 0.319 e. The van der Waals surface area contributed by atoms with E-state index in [9.17, 15) is 4.79 Å². The molecule has 2 aromatic heterocycles. The summed E-state index contributed by atoms with van der Waals surface area (Å²) >= 11 is 0. The Bertz CT molecular complexity index is 1070. The number of pyridine rings is 1. The van der Waals surface area contributed by atoms with Crippen molar-refractivity contribution in [2.24, 2.45) is 0 Å². The van der Waals surface area contributed by atoms with Crippen LogP contribution in [-0.4, -0.2) is 20.8 Å². The number of carbonyl (C=O) groups is 1. The Kier molecular flexibility index (Phi) is 4.40. The minimum Gasteiger partial charge on any atom is -0.382 e. The van der Waals surface area contributed by atoms with Gasteiger partial charge in [0.2, 0.25) is 0 Å². The number of aromatic nitrogens is 3. The van der Waals surface area contributed by atoms with Gasteiger partial charge in [0.15, 0.2) is 5.82 Å². The summed E-state index contributed by atoms with van der Waals surface area (Å²) in [5, 5.41) is 10.9. The molecule has 2 heterocycles. The number of carbonyl (C=O) groups excluding carboxylic acids is 1. The number of nitrogen functional groups attached to an aromatic ring is 1. The Labute approximate surface area is 155 Å². The molecule has 0 unspecified atom stereocenters. The maximum atomic E-state index is 12.0. The highest BCUT2D eigenvalue weighted by molar-refractivity contribution is 5.91. The normalized spacial score (nSPS) is 10.7. The second-order valence-electron chi connectivity index (χ2n) is 6.03. The fourth-order valence-corrected chi connectivity index (χ4v) is 2.83. The molecular weight excluding hydrogens is 340 g/mol. The zero-order chi connectivity index (χ0) is 18.6. The summed E-state index contributed by atoms with van der Waals surface area (Å²) < 4.78 is 1.79. The minimum absolute atomic E-state index is 0.277. The number of hydrogen-bond acceptors (Lipinski definition) is 4. The molecule has 0 aliphatic rings. The predicted octanol–water partition coefficient (Wildman–Crippen LogP) is 3.32. The third-order valence-corrected chi connectivity index (χ3v) is 4.16. The molecule has 0 aliphatic heterocycles. The van der Waals surface area contributed by atoms with Gasteiger partial charge in [-0.1, -0.05) is 18.2 Å². The summed E-state index contributed by atoms with van der Waals surface area (Å²) in [5.74, 6) is 0.489. The first-order valence-corrected chi connectivity index (χ1v) is 8.48. The van der Waals surface area contributed by atoms with E-state index in [1.807, 2.05) is 60.7 Å². The van der Waals surface area contributed by atoms with Gasteiger partial charge in [0, 0.05) is 30.0 Å². The van der Waals surface area contributed by atoms with Crippen LogP contribution in [0.5, 0.6) is 0 Å². The van der Waals surface area contributed by atoms with E-state index in [-0.39, 0.29) is 6.03 Å². The van der Waals surface area contributed by atoms with Crippen molar-refractivity contribution in [2.75, 3.05) is 11.1 Å². The smallest absolute Gasteiger partial charge is 0.319 e. The summed E-state index contributed by atoms with van der Waals surface area (Å²) in [5.41, 5.74) is 9.41. The van der Waals surface area contributed by atoms with Gasteiger partial charge in [-0.25, -0.2) is 9.48 Å². The first-order chi connectivity index (χ1) is 13.2. The number of urea groups is 1. The van der Waals surface area contributed by atoms with Gasteiger partial charge in [-0.2, -0.15) is 0 Å². The zero-order valence-corrected chi connectivity index (χ0v) is 14.5. The van der Waals surface area contributed by atoms with Crippen molar-refractivity contribution in [2.45, 2.75) is 6.54 Å². The molecule has 27 heavy (non-hydrogen) atoms. The van der Waals surface area contributed by atoms with Crippen LogP contribution >= 0.6 is 0 Å². The van der Waals surface area contributed by atoms with Gasteiger partial charge >= 0.3 is 6.03 Å². The number of fused-ring (bicyclic) bond motifs is 1. The highest BCUT2D eigenvalue weighted by Gasteiger charge is 2.09. The lowest BCUT2D eigenvalue weighted by Crippen LogP contribution is -2.28.